The molecule has 0 radical (unpaired) electrons. The van der Waals surface area contributed by atoms with Crippen LogP contribution < -0.4 is 5.32 Å². The lowest BCUT2D eigenvalue weighted by Gasteiger charge is -2.43. The number of fused-ring (bicyclic) bond motifs is 3. The van der Waals surface area contributed by atoms with Gasteiger partial charge in [-0.05, 0) is 38.3 Å². The largest absolute Gasteiger partial charge is 0.378 e. The van der Waals surface area contributed by atoms with Crippen LogP contribution in [-0.4, -0.2) is 6.61 Å². The van der Waals surface area contributed by atoms with Gasteiger partial charge in [-0.15, -0.1) is 0 Å². The van der Waals surface area contributed by atoms with Gasteiger partial charge in [0, 0.05) is 23.8 Å². The average Bonchev–Trinajstić information content (AvgIpc) is 2.55. The summed E-state index contributed by atoms with van der Waals surface area (Å²) in [4.78, 5) is 0. The minimum Gasteiger partial charge on any atom is -0.378 e. The second-order valence-electron chi connectivity index (χ2n) is 6.72. The Hall–Kier alpha value is -1.80. The minimum atomic E-state index is 0.233. The predicted octanol–water partition coefficient (Wildman–Crippen LogP) is 4.94. The van der Waals surface area contributed by atoms with Crippen LogP contribution in [0.25, 0.3) is 0 Å². The van der Waals surface area contributed by atoms with Crippen molar-refractivity contribution in [2.24, 2.45) is 5.92 Å². The molecular formula is C20H23NO. The molecule has 2 aliphatic rings. The molecule has 114 valence electrons. The molecule has 2 aromatic carbocycles. The monoisotopic (exact) mass is 293 g/mol. The van der Waals surface area contributed by atoms with Crippen LogP contribution in [0.1, 0.15) is 47.2 Å². The number of hydrogen-bond donors (Lipinski definition) is 1. The molecule has 2 aliphatic heterocycles. The smallest absolute Gasteiger partial charge is 0.0895 e. The maximum Gasteiger partial charge on any atom is 0.0895 e. The van der Waals surface area contributed by atoms with Gasteiger partial charge < -0.3 is 10.1 Å². The number of hydrogen-bond acceptors (Lipinski definition) is 2. The van der Waals surface area contributed by atoms with E-state index in [1.54, 1.807) is 0 Å². The van der Waals surface area contributed by atoms with E-state index in [2.05, 4.69) is 61.6 Å². The molecule has 1 N–H and O–H groups in total. The fourth-order valence-corrected chi connectivity index (χ4v) is 3.89. The van der Waals surface area contributed by atoms with E-state index in [9.17, 15) is 0 Å². The topological polar surface area (TPSA) is 21.3 Å². The molecule has 0 aliphatic carbocycles. The van der Waals surface area contributed by atoms with Crippen molar-refractivity contribution in [2.75, 3.05) is 11.9 Å². The summed E-state index contributed by atoms with van der Waals surface area (Å²) < 4.78 is 6.20. The van der Waals surface area contributed by atoms with Gasteiger partial charge in [-0.3, -0.25) is 0 Å². The number of ether oxygens (including phenoxy) is 1. The summed E-state index contributed by atoms with van der Waals surface area (Å²) in [6, 6.07) is 16.0. The predicted molar refractivity (Wildman–Crippen MR) is 90.1 cm³/mol. The van der Waals surface area contributed by atoms with Crippen molar-refractivity contribution in [2.45, 2.75) is 38.8 Å². The van der Waals surface area contributed by atoms with E-state index in [1.165, 1.54) is 34.4 Å². The second kappa shape index (κ2) is 5.44. The highest BCUT2D eigenvalue weighted by molar-refractivity contribution is 5.58. The summed E-state index contributed by atoms with van der Waals surface area (Å²) in [5.74, 6) is 0.519. The van der Waals surface area contributed by atoms with Crippen LogP contribution in [0.4, 0.5) is 5.69 Å². The van der Waals surface area contributed by atoms with E-state index in [4.69, 9.17) is 4.74 Å². The number of anilines is 1. The number of nitrogens with one attached hydrogen (secondary N) is 1. The van der Waals surface area contributed by atoms with Crippen LogP contribution in [0.3, 0.4) is 0 Å². The van der Waals surface area contributed by atoms with Crippen molar-refractivity contribution in [3.05, 3.63) is 64.7 Å². The van der Waals surface area contributed by atoms with Gasteiger partial charge in [0.2, 0.25) is 0 Å². The number of benzene rings is 2. The number of rotatable bonds is 1. The highest BCUT2D eigenvalue weighted by atomic mass is 16.5. The van der Waals surface area contributed by atoms with Gasteiger partial charge in [0.15, 0.2) is 0 Å². The molecule has 1 saturated heterocycles. The van der Waals surface area contributed by atoms with Crippen molar-refractivity contribution < 1.29 is 4.74 Å². The van der Waals surface area contributed by atoms with Gasteiger partial charge in [0.25, 0.3) is 0 Å². The maximum atomic E-state index is 6.20. The molecule has 2 aromatic rings. The van der Waals surface area contributed by atoms with Crippen LogP contribution in [0.2, 0.25) is 0 Å². The Labute approximate surface area is 132 Å². The summed E-state index contributed by atoms with van der Waals surface area (Å²) in [5.41, 5.74) is 6.57. The Morgan fingerprint density at radius 1 is 1.00 bits per heavy atom. The van der Waals surface area contributed by atoms with Gasteiger partial charge in [-0.25, -0.2) is 0 Å². The van der Waals surface area contributed by atoms with Crippen molar-refractivity contribution in [1.29, 1.82) is 0 Å². The molecule has 2 nitrogen and oxygen atoms in total. The molecule has 0 spiro atoms. The highest BCUT2D eigenvalue weighted by Crippen LogP contribution is 2.49. The summed E-state index contributed by atoms with van der Waals surface area (Å²) >= 11 is 0. The minimum absolute atomic E-state index is 0.233. The normalized spacial score (nSPS) is 26.7. The van der Waals surface area contributed by atoms with Crippen molar-refractivity contribution >= 4 is 5.69 Å². The standard InChI is InChI=1S/C20H23NO/c1-13-5-8-15(9-6-13)19-16-4-3-11-22-20(16)17-12-14(2)7-10-18(17)21-19/h5-10,12,16,19-21H,3-4,11H2,1-2H3/t16-,19-,20+/m0/s1. The van der Waals surface area contributed by atoms with Gasteiger partial charge in [-0.2, -0.15) is 0 Å². The molecular weight excluding hydrogens is 270 g/mol. The Bertz CT molecular complexity index is 677. The van der Waals surface area contributed by atoms with Crippen LogP contribution >= 0.6 is 0 Å². The molecule has 22 heavy (non-hydrogen) atoms. The van der Waals surface area contributed by atoms with Crippen molar-refractivity contribution in [3.63, 3.8) is 0 Å². The maximum absolute atomic E-state index is 6.20. The molecule has 0 aromatic heterocycles. The summed E-state index contributed by atoms with van der Waals surface area (Å²) in [5, 5.41) is 3.78. The van der Waals surface area contributed by atoms with E-state index in [0.29, 0.717) is 12.0 Å². The first-order valence-corrected chi connectivity index (χ1v) is 8.27. The quantitative estimate of drug-likeness (QED) is 0.804. The van der Waals surface area contributed by atoms with E-state index in [-0.39, 0.29) is 6.10 Å². The molecule has 1 fully saturated rings. The van der Waals surface area contributed by atoms with Crippen LogP contribution in [0.15, 0.2) is 42.5 Å². The second-order valence-corrected chi connectivity index (χ2v) is 6.72. The van der Waals surface area contributed by atoms with Crippen molar-refractivity contribution in [3.8, 4) is 0 Å². The Morgan fingerprint density at radius 3 is 2.59 bits per heavy atom. The fraction of sp³-hybridized carbons (Fsp3) is 0.400. The first kappa shape index (κ1) is 13.8. The number of aryl methyl sites for hydroxylation is 2. The summed E-state index contributed by atoms with van der Waals surface area (Å²) in [7, 11) is 0. The molecule has 0 amide bonds. The van der Waals surface area contributed by atoms with Crippen LogP contribution in [0.5, 0.6) is 0 Å². The van der Waals surface area contributed by atoms with E-state index in [1.807, 2.05) is 0 Å². The molecule has 4 rings (SSSR count). The first-order valence-electron chi connectivity index (χ1n) is 8.27. The third kappa shape index (κ3) is 2.32. The summed E-state index contributed by atoms with van der Waals surface area (Å²) in [6.45, 7) is 5.18. The lowest BCUT2D eigenvalue weighted by molar-refractivity contribution is -0.0381. The molecule has 0 unspecified atom stereocenters. The van der Waals surface area contributed by atoms with Gasteiger partial charge in [0.1, 0.15) is 0 Å². The van der Waals surface area contributed by atoms with Crippen molar-refractivity contribution in [1.82, 2.24) is 0 Å². The third-order valence-corrected chi connectivity index (χ3v) is 5.06. The third-order valence-electron chi connectivity index (χ3n) is 5.06. The zero-order valence-electron chi connectivity index (χ0n) is 13.3. The van der Waals surface area contributed by atoms with Crippen LogP contribution in [0, 0.1) is 19.8 Å². The van der Waals surface area contributed by atoms with E-state index < -0.39 is 0 Å². The Morgan fingerprint density at radius 2 is 1.77 bits per heavy atom. The Kier molecular flexibility index (Phi) is 3.42. The summed E-state index contributed by atoms with van der Waals surface area (Å²) in [6.07, 6.45) is 2.62. The highest BCUT2D eigenvalue weighted by Gasteiger charge is 2.39. The SMILES string of the molecule is Cc1ccc([C@@H]2Nc3ccc(C)cc3[C@@H]3OCCC[C@@H]23)cc1. The molecule has 3 atom stereocenters. The molecule has 2 heterocycles. The van der Waals surface area contributed by atoms with Gasteiger partial charge >= 0.3 is 0 Å². The lowest BCUT2D eigenvalue weighted by Crippen LogP contribution is -2.36. The molecule has 0 bridgehead atoms. The van der Waals surface area contributed by atoms with E-state index >= 15 is 0 Å². The van der Waals surface area contributed by atoms with Crippen LogP contribution in [-0.2, 0) is 4.74 Å². The average molecular weight is 293 g/mol. The zero-order chi connectivity index (χ0) is 15.1. The van der Waals surface area contributed by atoms with E-state index in [0.717, 1.165) is 13.0 Å². The first-order chi connectivity index (χ1) is 10.7. The molecule has 0 saturated carbocycles. The lowest BCUT2D eigenvalue weighted by atomic mass is 9.77. The van der Waals surface area contributed by atoms with Gasteiger partial charge in [0.05, 0.1) is 12.1 Å². The fourth-order valence-electron chi connectivity index (χ4n) is 3.89. The molecule has 2 heteroatoms. The van der Waals surface area contributed by atoms with Gasteiger partial charge in [-0.1, -0.05) is 47.5 Å². The zero-order valence-corrected chi connectivity index (χ0v) is 13.3. The Balaban J connectivity index is 1.77.